The molecular weight excluding hydrogens is 554 g/mol. The van der Waals surface area contributed by atoms with Gasteiger partial charge in [-0.05, 0) is 35.9 Å². The largest absolute Gasteiger partial charge is 0.493 e. The van der Waals surface area contributed by atoms with Crippen molar-refractivity contribution in [1.29, 1.82) is 0 Å². The van der Waals surface area contributed by atoms with Crippen molar-refractivity contribution in [1.82, 2.24) is 10.3 Å². The highest BCUT2D eigenvalue weighted by atomic mass is 32.1. The molecule has 1 N–H and O–H groups in total. The zero-order valence-corrected chi connectivity index (χ0v) is 21.8. The number of hydrogen-bond acceptors (Lipinski definition) is 7. The second-order valence-corrected chi connectivity index (χ2v) is 8.65. The van der Waals surface area contributed by atoms with E-state index < -0.39 is 35.9 Å². The SMILES string of the molecule is COc1cc2nccc(Oc3ccc(N(S)C(=O)NC(=O)Cc4ccccc4C(F)(F)F)cc3F)c2cc1OC. The maximum absolute atomic E-state index is 15.0. The first-order chi connectivity index (χ1) is 19.0. The number of nitrogens with zero attached hydrogens (tertiary/aromatic N) is 2. The molecule has 3 aromatic carbocycles. The molecule has 0 unspecified atom stereocenters. The number of pyridine rings is 1. The van der Waals surface area contributed by atoms with Gasteiger partial charge in [-0.25, -0.2) is 13.5 Å². The lowest BCUT2D eigenvalue weighted by Gasteiger charge is -2.18. The highest BCUT2D eigenvalue weighted by Crippen LogP contribution is 2.38. The monoisotopic (exact) mass is 575 g/mol. The van der Waals surface area contributed by atoms with E-state index in [1.165, 1.54) is 50.7 Å². The van der Waals surface area contributed by atoms with Gasteiger partial charge in [0.15, 0.2) is 23.1 Å². The van der Waals surface area contributed by atoms with Crippen LogP contribution in [0.4, 0.5) is 28.0 Å². The number of aromatic nitrogens is 1. The Morgan fingerprint density at radius 3 is 2.33 bits per heavy atom. The molecule has 0 saturated heterocycles. The van der Waals surface area contributed by atoms with Crippen molar-refractivity contribution < 1.29 is 41.4 Å². The zero-order valence-electron chi connectivity index (χ0n) is 21.0. The minimum absolute atomic E-state index is 0.0693. The van der Waals surface area contributed by atoms with E-state index in [2.05, 4.69) is 17.8 Å². The number of carbonyl (C=O) groups excluding carboxylic acids is 2. The fourth-order valence-electron chi connectivity index (χ4n) is 3.82. The van der Waals surface area contributed by atoms with E-state index in [4.69, 9.17) is 14.2 Å². The third kappa shape index (κ3) is 6.20. The number of ether oxygens (including phenoxy) is 3. The minimum atomic E-state index is -4.67. The first-order valence-corrected chi connectivity index (χ1v) is 11.9. The Kier molecular flexibility index (Phi) is 8.33. The van der Waals surface area contributed by atoms with Gasteiger partial charge in [-0.15, -0.1) is 0 Å². The molecule has 13 heteroatoms. The maximum Gasteiger partial charge on any atom is 0.416 e. The predicted octanol–water partition coefficient (Wildman–Crippen LogP) is 6.33. The first-order valence-electron chi connectivity index (χ1n) is 11.5. The third-order valence-electron chi connectivity index (χ3n) is 5.70. The summed E-state index contributed by atoms with van der Waals surface area (Å²) < 4.78 is 71.5. The molecular formula is C27H21F4N3O5S. The molecule has 0 fully saturated rings. The molecule has 1 aromatic heterocycles. The van der Waals surface area contributed by atoms with E-state index in [0.29, 0.717) is 26.7 Å². The zero-order chi connectivity index (χ0) is 29.0. The van der Waals surface area contributed by atoms with E-state index in [1.807, 2.05) is 5.32 Å². The maximum atomic E-state index is 15.0. The molecule has 0 bridgehead atoms. The molecule has 4 aromatic rings. The lowest BCUT2D eigenvalue weighted by Crippen LogP contribution is -2.39. The van der Waals surface area contributed by atoms with E-state index >= 15 is 0 Å². The summed E-state index contributed by atoms with van der Waals surface area (Å²) in [6.07, 6.45) is -3.90. The molecule has 0 aliphatic heterocycles. The van der Waals surface area contributed by atoms with Crippen LogP contribution in [0.25, 0.3) is 10.9 Å². The molecule has 0 spiro atoms. The van der Waals surface area contributed by atoms with Gasteiger partial charge >= 0.3 is 12.2 Å². The molecule has 0 aliphatic carbocycles. The van der Waals surface area contributed by atoms with Crippen LogP contribution in [0, 0.1) is 5.82 Å². The number of rotatable bonds is 7. The minimum Gasteiger partial charge on any atom is -0.493 e. The highest BCUT2D eigenvalue weighted by Gasteiger charge is 2.33. The van der Waals surface area contributed by atoms with Crippen LogP contribution in [0.5, 0.6) is 23.0 Å². The Hall–Kier alpha value is -4.52. The number of nitrogens with one attached hydrogen (secondary N) is 1. The van der Waals surface area contributed by atoms with E-state index in [1.54, 1.807) is 12.1 Å². The molecule has 0 aliphatic rings. The van der Waals surface area contributed by atoms with Crippen LogP contribution in [0.3, 0.4) is 0 Å². The molecule has 208 valence electrons. The number of hydrogen-bond donors (Lipinski definition) is 2. The van der Waals surface area contributed by atoms with Gasteiger partial charge in [0.05, 0.1) is 37.4 Å². The van der Waals surface area contributed by atoms with Crippen molar-refractivity contribution in [2.75, 3.05) is 18.5 Å². The van der Waals surface area contributed by atoms with Gasteiger partial charge < -0.3 is 14.2 Å². The lowest BCUT2D eigenvalue weighted by atomic mass is 10.0. The average Bonchev–Trinajstić information content (AvgIpc) is 2.92. The van der Waals surface area contributed by atoms with Crippen molar-refractivity contribution in [3.05, 3.63) is 83.8 Å². The molecule has 4 rings (SSSR count). The third-order valence-corrected chi connectivity index (χ3v) is 6.11. The molecule has 1 heterocycles. The second-order valence-electron chi connectivity index (χ2n) is 8.25. The van der Waals surface area contributed by atoms with Gasteiger partial charge in [0.1, 0.15) is 5.75 Å². The van der Waals surface area contributed by atoms with Crippen molar-refractivity contribution >= 4 is 41.3 Å². The van der Waals surface area contributed by atoms with Crippen LogP contribution in [0.2, 0.25) is 0 Å². The molecule has 0 atom stereocenters. The van der Waals surface area contributed by atoms with Gasteiger partial charge in [0.25, 0.3) is 0 Å². The highest BCUT2D eigenvalue weighted by molar-refractivity contribution is 7.82. The Bertz CT molecular complexity index is 1580. The Morgan fingerprint density at radius 1 is 0.950 bits per heavy atom. The summed E-state index contributed by atoms with van der Waals surface area (Å²) in [5.41, 5.74) is -0.858. The standard InChI is InChI=1S/C27H21F4N3O5S/c1-37-23-13-17-20(14-24(23)38-2)32-10-9-21(17)39-22-8-7-16(12-19(22)28)34(40)26(36)33-25(35)11-15-5-3-4-6-18(15)27(29,30)31/h3-10,12-14,40H,11H2,1-2H3,(H,33,35,36). The van der Waals surface area contributed by atoms with Crippen molar-refractivity contribution in [3.8, 4) is 23.0 Å². The van der Waals surface area contributed by atoms with Crippen molar-refractivity contribution in [2.45, 2.75) is 12.6 Å². The number of amides is 3. The van der Waals surface area contributed by atoms with Crippen molar-refractivity contribution in [3.63, 3.8) is 0 Å². The number of anilines is 1. The Morgan fingerprint density at radius 2 is 1.65 bits per heavy atom. The number of halogens is 4. The summed E-state index contributed by atoms with van der Waals surface area (Å²) in [5.74, 6) is -0.920. The van der Waals surface area contributed by atoms with Crippen LogP contribution >= 0.6 is 12.8 Å². The van der Waals surface area contributed by atoms with E-state index in [-0.39, 0.29) is 22.7 Å². The fourth-order valence-corrected chi connectivity index (χ4v) is 3.99. The number of fused-ring (bicyclic) bond motifs is 1. The first kappa shape index (κ1) is 28.5. The van der Waals surface area contributed by atoms with Crippen LogP contribution in [-0.2, 0) is 17.4 Å². The number of thiol groups is 1. The summed E-state index contributed by atoms with van der Waals surface area (Å²) in [6.45, 7) is 0. The number of alkyl halides is 3. The van der Waals surface area contributed by atoms with Crippen LogP contribution in [-0.4, -0.2) is 31.1 Å². The van der Waals surface area contributed by atoms with Gasteiger partial charge in [0, 0.05) is 23.7 Å². The summed E-state index contributed by atoms with van der Waals surface area (Å²) >= 11 is 4.00. The molecule has 0 saturated carbocycles. The fraction of sp³-hybridized carbons (Fsp3) is 0.148. The normalized spacial score (nSPS) is 11.2. The molecule has 3 amide bonds. The number of methoxy groups -OCH3 is 2. The number of carbonyl (C=O) groups is 2. The second kappa shape index (κ2) is 11.7. The summed E-state index contributed by atoms with van der Waals surface area (Å²) in [6, 6.07) is 11.7. The van der Waals surface area contributed by atoms with Crippen LogP contribution in [0.15, 0.2) is 66.9 Å². The van der Waals surface area contributed by atoms with E-state index in [0.717, 1.165) is 18.2 Å². The molecule has 0 radical (unpaired) electrons. The topological polar surface area (TPSA) is 90.0 Å². The molecule has 40 heavy (non-hydrogen) atoms. The van der Waals surface area contributed by atoms with Gasteiger partial charge in [0.2, 0.25) is 5.91 Å². The Labute approximate surface area is 231 Å². The van der Waals surface area contributed by atoms with Crippen LogP contribution < -0.4 is 23.8 Å². The summed E-state index contributed by atoms with van der Waals surface area (Å²) in [4.78, 5) is 29.0. The quantitative estimate of drug-likeness (QED) is 0.198. The van der Waals surface area contributed by atoms with E-state index in [9.17, 15) is 27.2 Å². The van der Waals surface area contributed by atoms with Gasteiger partial charge in [-0.3, -0.25) is 15.1 Å². The Balaban J connectivity index is 1.48. The number of urea groups is 1. The average molecular weight is 576 g/mol. The smallest absolute Gasteiger partial charge is 0.416 e. The van der Waals surface area contributed by atoms with Gasteiger partial charge in [-0.1, -0.05) is 31.0 Å². The predicted molar refractivity (Wildman–Crippen MR) is 141 cm³/mol. The summed E-state index contributed by atoms with van der Waals surface area (Å²) in [7, 11) is 2.95. The lowest BCUT2D eigenvalue weighted by molar-refractivity contribution is -0.138. The number of benzene rings is 3. The summed E-state index contributed by atoms with van der Waals surface area (Å²) in [5, 5.41) is 2.46. The number of imide groups is 1. The molecule has 8 nitrogen and oxygen atoms in total. The van der Waals surface area contributed by atoms with Crippen LogP contribution in [0.1, 0.15) is 11.1 Å². The van der Waals surface area contributed by atoms with Crippen molar-refractivity contribution in [2.24, 2.45) is 0 Å². The van der Waals surface area contributed by atoms with Gasteiger partial charge in [-0.2, -0.15) is 13.2 Å².